The lowest BCUT2D eigenvalue weighted by Gasteiger charge is -2.26. The average Bonchev–Trinajstić information content (AvgIpc) is 2.60. The highest BCUT2D eigenvalue weighted by Crippen LogP contribution is 2.25. The van der Waals surface area contributed by atoms with Gasteiger partial charge in [0.2, 0.25) is 0 Å². The number of halogens is 1. The van der Waals surface area contributed by atoms with Crippen molar-refractivity contribution >= 4 is 40.3 Å². The molecule has 0 atom stereocenters. The van der Waals surface area contributed by atoms with Gasteiger partial charge in [-0.2, -0.15) is 5.10 Å². The molecule has 0 spiro atoms. The molecule has 0 aliphatic carbocycles. The van der Waals surface area contributed by atoms with Crippen molar-refractivity contribution in [3.05, 3.63) is 38.9 Å². The molecule has 1 aromatic rings. The highest BCUT2D eigenvalue weighted by molar-refractivity contribution is 7.80. The Labute approximate surface area is 156 Å². The van der Waals surface area contributed by atoms with Crippen LogP contribution >= 0.6 is 23.8 Å². The van der Waals surface area contributed by atoms with Gasteiger partial charge in [0, 0.05) is 37.8 Å². The molecule has 2 rings (SSSR count). The first-order valence-corrected chi connectivity index (χ1v) is 8.58. The molecule has 0 amide bonds. The number of thiocarbonyl (C=S) groups is 1. The number of hydrazone groups is 1. The summed E-state index contributed by atoms with van der Waals surface area (Å²) >= 11 is 11.0. The molecule has 0 saturated carbocycles. The van der Waals surface area contributed by atoms with E-state index in [-0.39, 0.29) is 10.7 Å². The Hall–Kier alpha value is -1.81. The Balaban J connectivity index is 1.82. The van der Waals surface area contributed by atoms with E-state index in [1.165, 1.54) is 12.1 Å². The first kappa shape index (κ1) is 19.5. The van der Waals surface area contributed by atoms with Crippen LogP contribution in [0.25, 0.3) is 0 Å². The van der Waals surface area contributed by atoms with E-state index in [4.69, 9.17) is 28.6 Å². The van der Waals surface area contributed by atoms with Crippen LogP contribution < -0.4 is 10.7 Å². The second-order valence-corrected chi connectivity index (χ2v) is 6.26. The minimum absolute atomic E-state index is 0.0924. The number of nitrogens with one attached hydrogen (secondary N) is 2. The summed E-state index contributed by atoms with van der Waals surface area (Å²) in [7, 11) is 0. The second kappa shape index (κ2) is 9.62. The summed E-state index contributed by atoms with van der Waals surface area (Å²) in [6, 6.07) is 4.54. The van der Waals surface area contributed by atoms with Crippen LogP contribution in [0.4, 0.5) is 5.69 Å². The molecular formula is C15H20ClN5O3S. The largest absolute Gasteiger partial charge is 0.379 e. The number of rotatable bonds is 6. The summed E-state index contributed by atoms with van der Waals surface area (Å²) in [6.07, 6.45) is 0. The molecule has 8 nitrogen and oxygen atoms in total. The van der Waals surface area contributed by atoms with Crippen LogP contribution in [0.2, 0.25) is 5.02 Å². The van der Waals surface area contributed by atoms with Crippen molar-refractivity contribution in [1.82, 2.24) is 15.6 Å². The van der Waals surface area contributed by atoms with E-state index in [2.05, 4.69) is 20.7 Å². The van der Waals surface area contributed by atoms with Crippen LogP contribution in [0.15, 0.2) is 23.3 Å². The second-order valence-electron chi connectivity index (χ2n) is 5.44. The summed E-state index contributed by atoms with van der Waals surface area (Å²) in [5, 5.41) is 18.7. The van der Waals surface area contributed by atoms with Crippen molar-refractivity contribution < 1.29 is 9.66 Å². The molecule has 1 fully saturated rings. The summed E-state index contributed by atoms with van der Waals surface area (Å²) in [5.74, 6) is 0. The maximum atomic E-state index is 10.9. The van der Waals surface area contributed by atoms with Gasteiger partial charge in [0.25, 0.3) is 5.69 Å². The first-order chi connectivity index (χ1) is 12.0. The van der Waals surface area contributed by atoms with Gasteiger partial charge >= 0.3 is 0 Å². The van der Waals surface area contributed by atoms with Crippen molar-refractivity contribution in [3.8, 4) is 0 Å². The van der Waals surface area contributed by atoms with Gasteiger partial charge in [-0.3, -0.25) is 20.4 Å². The Morgan fingerprint density at radius 3 is 2.88 bits per heavy atom. The van der Waals surface area contributed by atoms with Crippen molar-refractivity contribution in [2.45, 2.75) is 6.92 Å². The predicted molar refractivity (Wildman–Crippen MR) is 101 cm³/mol. The van der Waals surface area contributed by atoms with Gasteiger partial charge in [-0.05, 0) is 25.2 Å². The number of nitrogens with zero attached hydrogens (tertiary/aromatic N) is 3. The third-order valence-electron chi connectivity index (χ3n) is 3.70. The fourth-order valence-electron chi connectivity index (χ4n) is 2.27. The third kappa shape index (κ3) is 6.20. The Morgan fingerprint density at radius 1 is 1.48 bits per heavy atom. The molecule has 2 N–H and O–H groups in total. The Bertz CT molecular complexity index is 665. The van der Waals surface area contributed by atoms with Gasteiger partial charge in [0.1, 0.15) is 5.02 Å². The van der Waals surface area contributed by atoms with E-state index in [0.29, 0.717) is 22.9 Å². The average molecular weight is 386 g/mol. The zero-order valence-corrected chi connectivity index (χ0v) is 15.4. The first-order valence-electron chi connectivity index (χ1n) is 7.80. The molecule has 1 heterocycles. The summed E-state index contributed by atoms with van der Waals surface area (Å²) in [4.78, 5) is 12.7. The highest BCUT2D eigenvalue weighted by Gasteiger charge is 2.14. The van der Waals surface area contributed by atoms with E-state index in [1.54, 1.807) is 13.0 Å². The number of ether oxygens (including phenoxy) is 1. The van der Waals surface area contributed by atoms with Gasteiger partial charge in [0.15, 0.2) is 5.11 Å². The number of nitro groups is 1. The molecule has 0 bridgehead atoms. The molecule has 10 heteroatoms. The Kier molecular flexibility index (Phi) is 7.51. The fourth-order valence-corrected chi connectivity index (χ4v) is 2.60. The van der Waals surface area contributed by atoms with Gasteiger partial charge in [0.05, 0.1) is 23.8 Å². The quantitative estimate of drug-likeness (QED) is 0.333. The van der Waals surface area contributed by atoms with Gasteiger partial charge in [-0.1, -0.05) is 17.7 Å². The molecule has 0 unspecified atom stereocenters. The highest BCUT2D eigenvalue weighted by atomic mass is 35.5. The van der Waals surface area contributed by atoms with E-state index in [9.17, 15) is 10.1 Å². The fraction of sp³-hybridized carbons (Fsp3) is 0.467. The lowest BCUT2D eigenvalue weighted by molar-refractivity contribution is -0.384. The van der Waals surface area contributed by atoms with Crippen LogP contribution in [0.5, 0.6) is 0 Å². The number of morpholine rings is 1. The summed E-state index contributed by atoms with van der Waals surface area (Å²) in [6.45, 7) is 6.68. The lowest BCUT2D eigenvalue weighted by atomic mass is 10.1. The van der Waals surface area contributed by atoms with Crippen LogP contribution in [0.1, 0.15) is 12.5 Å². The van der Waals surface area contributed by atoms with E-state index >= 15 is 0 Å². The molecule has 1 aromatic carbocycles. The third-order valence-corrected chi connectivity index (χ3v) is 4.26. The van der Waals surface area contributed by atoms with Crippen LogP contribution in [-0.2, 0) is 4.74 Å². The molecule has 0 radical (unpaired) electrons. The molecule has 0 aromatic heterocycles. The Morgan fingerprint density at radius 2 is 2.20 bits per heavy atom. The topological polar surface area (TPSA) is 92.0 Å². The molecule has 136 valence electrons. The van der Waals surface area contributed by atoms with Crippen molar-refractivity contribution in [2.75, 3.05) is 39.4 Å². The zero-order chi connectivity index (χ0) is 18.2. The monoisotopic (exact) mass is 385 g/mol. The number of hydrogen-bond donors (Lipinski definition) is 2. The smallest absolute Gasteiger partial charge is 0.288 e. The molecular weight excluding hydrogens is 366 g/mol. The number of nitro benzene ring substituents is 1. The van der Waals surface area contributed by atoms with Crippen LogP contribution in [-0.4, -0.2) is 60.0 Å². The van der Waals surface area contributed by atoms with Crippen molar-refractivity contribution in [2.24, 2.45) is 5.10 Å². The zero-order valence-electron chi connectivity index (χ0n) is 13.8. The van der Waals surface area contributed by atoms with Gasteiger partial charge < -0.3 is 10.1 Å². The molecule has 25 heavy (non-hydrogen) atoms. The lowest BCUT2D eigenvalue weighted by Crippen LogP contribution is -2.42. The predicted octanol–water partition coefficient (Wildman–Crippen LogP) is 1.77. The minimum Gasteiger partial charge on any atom is -0.379 e. The van der Waals surface area contributed by atoms with Gasteiger partial charge in [-0.25, -0.2) is 0 Å². The molecule has 1 aliphatic heterocycles. The summed E-state index contributed by atoms with van der Waals surface area (Å²) in [5.41, 5.74) is 3.76. The SMILES string of the molecule is CC(=NNC(=S)NCCN1CCOCC1)c1ccc(Cl)c([N+](=O)[O-])c1. The van der Waals surface area contributed by atoms with Crippen LogP contribution in [0, 0.1) is 10.1 Å². The van der Waals surface area contributed by atoms with E-state index in [1.807, 2.05) is 0 Å². The normalized spacial score (nSPS) is 15.7. The maximum Gasteiger partial charge on any atom is 0.288 e. The van der Waals surface area contributed by atoms with Crippen LogP contribution in [0.3, 0.4) is 0 Å². The standard InChI is InChI=1S/C15H20ClN5O3S/c1-11(12-2-3-13(16)14(10-12)21(22)23)18-19-15(25)17-4-5-20-6-8-24-9-7-20/h2-3,10H,4-9H2,1H3,(H2,17,19,25). The maximum absolute atomic E-state index is 10.9. The van der Waals surface area contributed by atoms with E-state index < -0.39 is 4.92 Å². The summed E-state index contributed by atoms with van der Waals surface area (Å²) < 4.78 is 5.30. The van der Waals surface area contributed by atoms with Crippen molar-refractivity contribution in [3.63, 3.8) is 0 Å². The number of benzene rings is 1. The minimum atomic E-state index is -0.523. The van der Waals surface area contributed by atoms with Crippen molar-refractivity contribution in [1.29, 1.82) is 0 Å². The molecule has 1 aliphatic rings. The number of hydrogen-bond acceptors (Lipinski definition) is 6. The molecule has 1 saturated heterocycles. The van der Waals surface area contributed by atoms with E-state index in [0.717, 1.165) is 32.8 Å². The van der Waals surface area contributed by atoms with Gasteiger partial charge in [-0.15, -0.1) is 0 Å².